The van der Waals surface area contributed by atoms with Gasteiger partial charge in [0.05, 0.1) is 15.2 Å². The zero-order valence-corrected chi connectivity index (χ0v) is 14.5. The highest BCUT2D eigenvalue weighted by molar-refractivity contribution is 7.17. The summed E-state index contributed by atoms with van der Waals surface area (Å²) in [6.07, 6.45) is 1.83. The second kappa shape index (κ2) is 5.74. The van der Waals surface area contributed by atoms with Gasteiger partial charge < -0.3 is 10.8 Å². The Kier molecular flexibility index (Phi) is 3.68. The maximum atomic E-state index is 10.6. The summed E-state index contributed by atoms with van der Waals surface area (Å²) in [5.41, 5.74) is 9.35. The van der Waals surface area contributed by atoms with E-state index in [1.165, 1.54) is 0 Å². The summed E-state index contributed by atoms with van der Waals surface area (Å²) in [6.45, 7) is 1.95. The van der Waals surface area contributed by atoms with Crippen molar-refractivity contribution in [1.29, 1.82) is 0 Å². The van der Waals surface area contributed by atoms with E-state index in [0.717, 1.165) is 32.2 Å². The maximum absolute atomic E-state index is 10.6. The second-order valence-corrected chi connectivity index (χ2v) is 7.20. The van der Waals surface area contributed by atoms with Crippen molar-refractivity contribution in [2.45, 2.75) is 13.0 Å². The first kappa shape index (κ1) is 15.4. The highest BCUT2D eigenvalue weighted by Crippen LogP contribution is 2.43. The van der Waals surface area contributed by atoms with Gasteiger partial charge in [0.1, 0.15) is 5.75 Å². The average molecular weight is 355 g/mol. The average Bonchev–Trinajstić information content (AvgIpc) is 3.04. The van der Waals surface area contributed by atoms with Crippen LogP contribution in [0.2, 0.25) is 5.02 Å². The lowest BCUT2D eigenvalue weighted by molar-refractivity contribution is 0.478. The van der Waals surface area contributed by atoms with E-state index in [-0.39, 0.29) is 11.8 Å². The van der Waals surface area contributed by atoms with Crippen LogP contribution in [-0.4, -0.2) is 10.1 Å². The number of pyridine rings is 1. The Morgan fingerprint density at radius 3 is 2.67 bits per heavy atom. The number of rotatable bonds is 2. The molecule has 0 bridgehead atoms. The lowest BCUT2D eigenvalue weighted by Crippen LogP contribution is -2.04. The maximum Gasteiger partial charge on any atom is 0.125 e. The molecular formula is C19H15ClN2OS. The van der Waals surface area contributed by atoms with Gasteiger partial charge in [-0.15, -0.1) is 11.3 Å². The van der Waals surface area contributed by atoms with Crippen molar-refractivity contribution >= 4 is 43.9 Å². The minimum Gasteiger partial charge on any atom is -0.507 e. The quantitative estimate of drug-likeness (QED) is 0.500. The smallest absolute Gasteiger partial charge is 0.125 e. The number of nitrogens with two attached hydrogens (primary N) is 1. The Morgan fingerprint density at radius 1 is 1.21 bits per heavy atom. The van der Waals surface area contributed by atoms with Crippen LogP contribution in [0, 0.1) is 0 Å². The van der Waals surface area contributed by atoms with Gasteiger partial charge in [-0.2, -0.15) is 0 Å². The van der Waals surface area contributed by atoms with Crippen molar-refractivity contribution in [2.24, 2.45) is 5.73 Å². The van der Waals surface area contributed by atoms with E-state index in [1.54, 1.807) is 17.4 Å². The van der Waals surface area contributed by atoms with Gasteiger partial charge >= 0.3 is 0 Å². The molecule has 3 nitrogen and oxygen atoms in total. The third-order valence-electron chi connectivity index (χ3n) is 4.23. The molecule has 4 aromatic rings. The van der Waals surface area contributed by atoms with Crippen LogP contribution in [0.15, 0.2) is 48.0 Å². The molecular weight excluding hydrogens is 340 g/mol. The predicted octanol–water partition coefficient (Wildman–Crippen LogP) is 5.50. The van der Waals surface area contributed by atoms with Crippen LogP contribution in [0.5, 0.6) is 5.75 Å². The molecule has 2 aromatic heterocycles. The molecule has 0 unspecified atom stereocenters. The number of thiophene rings is 1. The summed E-state index contributed by atoms with van der Waals surface area (Å²) in [5.74, 6) is 0.154. The van der Waals surface area contributed by atoms with Gasteiger partial charge in [-0.25, -0.2) is 0 Å². The summed E-state index contributed by atoms with van der Waals surface area (Å²) >= 11 is 7.94. The van der Waals surface area contributed by atoms with Gasteiger partial charge in [0.25, 0.3) is 0 Å². The van der Waals surface area contributed by atoms with E-state index in [1.807, 2.05) is 48.8 Å². The Labute approximate surface area is 148 Å². The normalized spacial score (nSPS) is 12.8. The van der Waals surface area contributed by atoms with Gasteiger partial charge in [0, 0.05) is 34.6 Å². The number of hydrogen-bond donors (Lipinski definition) is 2. The van der Waals surface area contributed by atoms with Crippen molar-refractivity contribution in [1.82, 2.24) is 4.98 Å². The fourth-order valence-corrected chi connectivity index (χ4v) is 4.02. The topological polar surface area (TPSA) is 59.1 Å². The van der Waals surface area contributed by atoms with Crippen molar-refractivity contribution in [3.63, 3.8) is 0 Å². The zero-order chi connectivity index (χ0) is 16.8. The molecule has 0 aliphatic heterocycles. The molecule has 0 saturated carbocycles. The molecule has 24 heavy (non-hydrogen) atoms. The molecule has 0 spiro atoms. The minimum atomic E-state index is -0.0279. The van der Waals surface area contributed by atoms with E-state index < -0.39 is 0 Å². The summed E-state index contributed by atoms with van der Waals surface area (Å²) < 4.78 is 1.07. The Morgan fingerprint density at radius 2 is 1.96 bits per heavy atom. The molecule has 1 atom stereocenters. The van der Waals surface area contributed by atoms with E-state index >= 15 is 0 Å². The number of nitrogens with zero attached hydrogens (tertiary/aromatic N) is 1. The number of halogens is 1. The van der Waals surface area contributed by atoms with E-state index in [0.29, 0.717) is 10.5 Å². The molecule has 120 valence electrons. The van der Waals surface area contributed by atoms with E-state index in [2.05, 4.69) is 4.98 Å². The van der Waals surface area contributed by atoms with Crippen LogP contribution in [-0.2, 0) is 0 Å². The molecule has 2 aromatic carbocycles. The fourth-order valence-electron chi connectivity index (χ4n) is 3.01. The largest absolute Gasteiger partial charge is 0.507 e. The number of fused-ring (bicyclic) bond motifs is 3. The van der Waals surface area contributed by atoms with E-state index in [9.17, 15) is 5.11 Å². The minimum absolute atomic E-state index is 0.0279. The van der Waals surface area contributed by atoms with Crippen molar-refractivity contribution in [3.05, 3.63) is 58.6 Å². The Bertz CT molecular complexity index is 1050. The third kappa shape index (κ3) is 2.35. The van der Waals surface area contributed by atoms with Crippen LogP contribution in [0.3, 0.4) is 0 Å². The first-order chi connectivity index (χ1) is 11.6. The van der Waals surface area contributed by atoms with Crippen LogP contribution < -0.4 is 5.73 Å². The first-order valence-electron chi connectivity index (χ1n) is 7.59. The Hall–Kier alpha value is -2.14. The number of benzene rings is 2. The highest BCUT2D eigenvalue weighted by atomic mass is 35.5. The standard InChI is InChI=1S/C19H15ClN2OS/c1-10(21)11-2-4-12(5-3-11)17-15(23)8-14(20)19-18(17)13-6-7-24-16(13)9-22-19/h2-10,23H,21H2,1H3/t10-/m1/s1. The molecule has 4 rings (SSSR count). The molecule has 0 fully saturated rings. The summed E-state index contributed by atoms with van der Waals surface area (Å²) in [5, 5.41) is 15.0. The third-order valence-corrected chi connectivity index (χ3v) is 5.37. The lowest BCUT2D eigenvalue weighted by Gasteiger charge is -2.13. The van der Waals surface area contributed by atoms with Crippen LogP contribution >= 0.6 is 22.9 Å². The van der Waals surface area contributed by atoms with E-state index in [4.69, 9.17) is 17.3 Å². The number of hydrogen-bond acceptors (Lipinski definition) is 4. The van der Waals surface area contributed by atoms with Crippen LogP contribution in [0.25, 0.3) is 32.1 Å². The molecule has 2 heterocycles. The molecule has 0 amide bonds. The number of aromatic hydroxyl groups is 1. The molecule has 0 radical (unpaired) electrons. The first-order valence-corrected chi connectivity index (χ1v) is 8.85. The number of phenols is 1. The molecule has 3 N–H and O–H groups in total. The summed E-state index contributed by atoms with van der Waals surface area (Å²) in [7, 11) is 0. The molecule has 5 heteroatoms. The lowest BCUT2D eigenvalue weighted by atomic mass is 9.96. The van der Waals surface area contributed by atoms with Gasteiger partial charge in [-0.05, 0) is 29.5 Å². The highest BCUT2D eigenvalue weighted by Gasteiger charge is 2.17. The number of phenolic OH excluding ortho intramolecular Hbond substituents is 1. The molecule has 0 saturated heterocycles. The molecule has 0 aliphatic carbocycles. The van der Waals surface area contributed by atoms with Gasteiger partial charge in [-0.1, -0.05) is 35.9 Å². The van der Waals surface area contributed by atoms with Gasteiger partial charge in [0.2, 0.25) is 0 Å². The van der Waals surface area contributed by atoms with Crippen molar-refractivity contribution in [2.75, 3.05) is 0 Å². The SMILES string of the molecule is C[C@@H](N)c1ccc(-c2c(O)cc(Cl)c3ncc4sccc4c23)cc1. The summed E-state index contributed by atoms with van der Waals surface area (Å²) in [4.78, 5) is 4.50. The summed E-state index contributed by atoms with van der Waals surface area (Å²) in [6, 6.07) is 11.5. The zero-order valence-electron chi connectivity index (χ0n) is 13.0. The second-order valence-electron chi connectivity index (χ2n) is 5.84. The van der Waals surface area contributed by atoms with Crippen molar-refractivity contribution in [3.8, 4) is 16.9 Å². The monoisotopic (exact) mass is 354 g/mol. The fraction of sp³-hybridized carbons (Fsp3) is 0.105. The Balaban J connectivity index is 2.08. The van der Waals surface area contributed by atoms with Crippen molar-refractivity contribution < 1.29 is 5.11 Å². The van der Waals surface area contributed by atoms with Crippen LogP contribution in [0.1, 0.15) is 18.5 Å². The number of aromatic nitrogens is 1. The van der Waals surface area contributed by atoms with Gasteiger partial charge in [-0.3, -0.25) is 4.98 Å². The van der Waals surface area contributed by atoms with Crippen LogP contribution in [0.4, 0.5) is 0 Å². The molecule has 0 aliphatic rings. The predicted molar refractivity (Wildman–Crippen MR) is 102 cm³/mol. The van der Waals surface area contributed by atoms with Gasteiger partial charge in [0.15, 0.2) is 0 Å².